The molecule has 3 aliphatic rings. The Hall–Kier alpha value is -2.06. The lowest BCUT2D eigenvalue weighted by Crippen LogP contribution is -2.59. The minimum absolute atomic E-state index is 0.132. The number of hydrogen-bond donors (Lipinski definition) is 3. The van der Waals surface area contributed by atoms with Crippen LogP contribution >= 0.6 is 11.8 Å². The first-order valence-electron chi connectivity index (χ1n) is 12.2. The maximum Gasteiger partial charge on any atom is 0.244 e. The van der Waals surface area contributed by atoms with Gasteiger partial charge in [0.05, 0.1) is 29.2 Å². The third-order valence-corrected chi connectivity index (χ3v) is 9.61. The van der Waals surface area contributed by atoms with Gasteiger partial charge in [-0.1, -0.05) is 37.3 Å². The molecule has 0 radical (unpaired) electrons. The summed E-state index contributed by atoms with van der Waals surface area (Å²) in [6.45, 7) is 9.93. The van der Waals surface area contributed by atoms with Crippen molar-refractivity contribution in [3.8, 4) is 0 Å². The Morgan fingerprint density at radius 1 is 1.21 bits per heavy atom. The summed E-state index contributed by atoms with van der Waals surface area (Å²) in [6.07, 6.45) is 2.01. The second-order valence-corrected chi connectivity index (χ2v) is 13.1. The van der Waals surface area contributed by atoms with E-state index in [9.17, 15) is 19.5 Å². The number of carbonyl (C=O) groups is 3. The number of likely N-dealkylation sites (tertiary alicyclic amines) is 1. The average molecular weight is 488 g/mol. The fourth-order valence-electron chi connectivity index (χ4n) is 6.20. The van der Waals surface area contributed by atoms with Crippen LogP contribution in [0.3, 0.4) is 0 Å². The number of aliphatic hydroxyl groups excluding tert-OH is 1. The highest BCUT2D eigenvalue weighted by molar-refractivity contribution is 8.02. The van der Waals surface area contributed by atoms with Crippen LogP contribution in [0.1, 0.15) is 59.4 Å². The van der Waals surface area contributed by atoms with Gasteiger partial charge in [0.1, 0.15) is 6.04 Å². The number of carbonyl (C=O) groups excluding carboxylic acids is 3. The second-order valence-electron chi connectivity index (χ2n) is 11.2. The zero-order valence-electron chi connectivity index (χ0n) is 20.8. The highest BCUT2D eigenvalue weighted by Gasteiger charge is 2.77. The first-order valence-corrected chi connectivity index (χ1v) is 13.1. The van der Waals surface area contributed by atoms with Gasteiger partial charge in [0.25, 0.3) is 0 Å². The van der Waals surface area contributed by atoms with E-state index in [4.69, 9.17) is 0 Å². The molecule has 6 atom stereocenters. The predicted octanol–water partition coefficient (Wildman–Crippen LogP) is 2.47. The number of nitrogens with one attached hydrogen (secondary N) is 2. The van der Waals surface area contributed by atoms with Gasteiger partial charge in [-0.2, -0.15) is 0 Å². The summed E-state index contributed by atoms with van der Waals surface area (Å²) in [5, 5.41) is 16.2. The van der Waals surface area contributed by atoms with Crippen molar-refractivity contribution in [1.82, 2.24) is 15.5 Å². The Bertz CT molecular complexity index is 961. The minimum Gasteiger partial charge on any atom is -0.394 e. The van der Waals surface area contributed by atoms with Gasteiger partial charge in [0.2, 0.25) is 17.7 Å². The number of hydrogen-bond acceptors (Lipinski definition) is 5. The van der Waals surface area contributed by atoms with E-state index in [0.29, 0.717) is 19.4 Å². The molecule has 3 saturated heterocycles. The maximum atomic E-state index is 14.0. The van der Waals surface area contributed by atoms with Crippen LogP contribution in [0.25, 0.3) is 0 Å². The van der Waals surface area contributed by atoms with Crippen molar-refractivity contribution in [2.45, 2.75) is 87.5 Å². The van der Waals surface area contributed by atoms with Crippen LogP contribution in [0.4, 0.5) is 0 Å². The van der Waals surface area contributed by atoms with Crippen LogP contribution in [0, 0.1) is 11.8 Å². The van der Waals surface area contributed by atoms with Gasteiger partial charge >= 0.3 is 0 Å². The van der Waals surface area contributed by atoms with Crippen LogP contribution in [-0.2, 0) is 20.9 Å². The third kappa shape index (κ3) is 4.02. The molecule has 3 heterocycles. The molecule has 8 heteroatoms. The van der Waals surface area contributed by atoms with Crippen molar-refractivity contribution in [1.29, 1.82) is 0 Å². The monoisotopic (exact) mass is 487 g/mol. The molecule has 4 rings (SSSR count). The molecular formula is C26H37N3O4S. The number of rotatable bonds is 7. The molecule has 186 valence electrons. The van der Waals surface area contributed by atoms with Gasteiger partial charge in [0, 0.05) is 16.8 Å². The van der Waals surface area contributed by atoms with Crippen LogP contribution in [0.15, 0.2) is 30.3 Å². The van der Waals surface area contributed by atoms with Crippen molar-refractivity contribution in [2.24, 2.45) is 11.8 Å². The van der Waals surface area contributed by atoms with Crippen molar-refractivity contribution in [3.63, 3.8) is 0 Å². The summed E-state index contributed by atoms with van der Waals surface area (Å²) in [7, 11) is 0. The van der Waals surface area contributed by atoms with Gasteiger partial charge in [-0.3, -0.25) is 14.4 Å². The molecule has 1 aromatic carbocycles. The van der Waals surface area contributed by atoms with E-state index < -0.39 is 39.0 Å². The fourth-order valence-corrected chi connectivity index (χ4v) is 8.55. The highest BCUT2D eigenvalue weighted by Crippen LogP contribution is 2.71. The molecule has 3 N–H and O–H groups in total. The number of aliphatic hydroxyl groups is 1. The lowest BCUT2D eigenvalue weighted by molar-refractivity contribution is -0.143. The zero-order valence-corrected chi connectivity index (χ0v) is 21.6. The first-order chi connectivity index (χ1) is 16.0. The molecule has 0 aliphatic carbocycles. The summed E-state index contributed by atoms with van der Waals surface area (Å²) in [6, 6.07) is 8.55. The summed E-state index contributed by atoms with van der Waals surface area (Å²) >= 11 is 1.65. The number of thioether (sulfide) groups is 1. The largest absolute Gasteiger partial charge is 0.394 e. The predicted molar refractivity (Wildman–Crippen MR) is 133 cm³/mol. The normalized spacial score (nSPS) is 33.1. The first kappa shape index (κ1) is 25.0. The Balaban J connectivity index is 1.69. The smallest absolute Gasteiger partial charge is 0.244 e. The van der Waals surface area contributed by atoms with E-state index in [1.807, 2.05) is 58.0 Å². The molecule has 1 aromatic rings. The molecule has 34 heavy (non-hydrogen) atoms. The average Bonchev–Trinajstić information content (AvgIpc) is 3.34. The van der Waals surface area contributed by atoms with E-state index in [2.05, 4.69) is 17.6 Å². The molecular weight excluding hydrogens is 450 g/mol. The Morgan fingerprint density at radius 2 is 1.88 bits per heavy atom. The summed E-state index contributed by atoms with van der Waals surface area (Å²) in [5.41, 5.74) is 0.540. The zero-order chi connectivity index (χ0) is 24.9. The molecule has 0 saturated carbocycles. The molecule has 2 unspecified atom stereocenters. The van der Waals surface area contributed by atoms with E-state index in [1.54, 1.807) is 16.7 Å². The highest BCUT2D eigenvalue weighted by atomic mass is 32.2. The van der Waals surface area contributed by atoms with E-state index in [-0.39, 0.29) is 24.3 Å². The maximum absolute atomic E-state index is 14.0. The number of benzene rings is 1. The van der Waals surface area contributed by atoms with Crippen molar-refractivity contribution >= 4 is 29.5 Å². The van der Waals surface area contributed by atoms with Crippen molar-refractivity contribution in [2.75, 3.05) is 6.61 Å². The summed E-state index contributed by atoms with van der Waals surface area (Å²) < 4.78 is -1.08. The lowest BCUT2D eigenvalue weighted by atomic mass is 9.66. The Labute approximate surface area is 206 Å². The van der Waals surface area contributed by atoms with Gasteiger partial charge in [-0.15, -0.1) is 11.8 Å². The quantitative estimate of drug-likeness (QED) is 0.549. The Kier molecular flexibility index (Phi) is 6.53. The number of fused-ring (bicyclic) bond motifs is 1. The Morgan fingerprint density at radius 3 is 2.47 bits per heavy atom. The summed E-state index contributed by atoms with van der Waals surface area (Å²) in [4.78, 5) is 42.8. The lowest BCUT2D eigenvalue weighted by Gasteiger charge is -2.38. The molecule has 3 fully saturated rings. The topological polar surface area (TPSA) is 98.7 Å². The van der Waals surface area contributed by atoms with Crippen LogP contribution in [-0.4, -0.2) is 61.5 Å². The summed E-state index contributed by atoms with van der Waals surface area (Å²) in [5.74, 6) is -1.60. The van der Waals surface area contributed by atoms with Gasteiger partial charge < -0.3 is 20.6 Å². The van der Waals surface area contributed by atoms with Crippen LogP contribution < -0.4 is 10.6 Å². The molecule has 3 amide bonds. The molecule has 0 aromatic heterocycles. The second kappa shape index (κ2) is 8.86. The number of nitrogens with zero attached hydrogens (tertiary/aromatic N) is 1. The number of amides is 3. The van der Waals surface area contributed by atoms with Crippen molar-refractivity contribution < 1.29 is 19.5 Å². The molecule has 3 aliphatic heterocycles. The minimum atomic E-state index is -0.708. The SMILES string of the molecule is CC[C@@H](CO)N1C(=O)[C@@H]2[C@H](C(=O)NCc3ccccc3)[C@]3(C)CCC2(S3)C1C(=O)NC(C)(C)C. The molecule has 2 bridgehead atoms. The van der Waals surface area contributed by atoms with E-state index in [0.717, 1.165) is 12.0 Å². The fraction of sp³-hybridized carbons (Fsp3) is 0.654. The van der Waals surface area contributed by atoms with E-state index in [1.165, 1.54) is 0 Å². The van der Waals surface area contributed by atoms with E-state index >= 15 is 0 Å². The van der Waals surface area contributed by atoms with Crippen molar-refractivity contribution in [3.05, 3.63) is 35.9 Å². The van der Waals surface area contributed by atoms with Crippen LogP contribution in [0.5, 0.6) is 0 Å². The van der Waals surface area contributed by atoms with Gasteiger partial charge in [-0.05, 0) is 52.5 Å². The van der Waals surface area contributed by atoms with Crippen LogP contribution in [0.2, 0.25) is 0 Å². The third-order valence-electron chi connectivity index (χ3n) is 7.63. The molecule has 7 nitrogen and oxygen atoms in total. The standard InChI is InChI=1S/C26H37N3O4S/c1-6-17(15-30)29-20(22(32)28-24(2,3)4)26-13-12-25(5,34-26)18(19(26)23(29)33)21(31)27-14-16-10-8-7-9-11-16/h7-11,17-20,30H,6,12-15H2,1-5H3,(H,27,31)(H,28,32)/t17-,18+,19-,20?,25-,26?/m0/s1. The molecule has 1 spiro atoms. The van der Waals surface area contributed by atoms with Gasteiger partial charge in [0.15, 0.2) is 0 Å². The van der Waals surface area contributed by atoms with Gasteiger partial charge in [-0.25, -0.2) is 0 Å².